The van der Waals surface area contributed by atoms with Crippen LogP contribution in [-0.2, 0) is 17.4 Å². The third kappa shape index (κ3) is 6.76. The highest BCUT2D eigenvalue weighted by Gasteiger charge is 2.28. The van der Waals surface area contributed by atoms with Gasteiger partial charge in [-0.15, -0.1) is 0 Å². The molecule has 1 atom stereocenters. The number of pyridine rings is 2. The quantitative estimate of drug-likeness (QED) is 0.415. The molecule has 7 nitrogen and oxygen atoms in total. The predicted octanol–water partition coefficient (Wildman–Crippen LogP) is 4.31. The van der Waals surface area contributed by atoms with Crippen molar-refractivity contribution in [3.05, 3.63) is 81.5 Å². The summed E-state index contributed by atoms with van der Waals surface area (Å²) in [6.45, 7) is 1.62. The molecular formula is C24H26Cl2FN5O2S. The van der Waals surface area contributed by atoms with E-state index in [1.807, 2.05) is 12.1 Å². The molecule has 3 N–H and O–H groups in total. The summed E-state index contributed by atoms with van der Waals surface area (Å²) in [5.74, 6) is 1.38. The fraction of sp³-hybridized carbons (Fsp3) is 0.292. The fourth-order valence-corrected chi connectivity index (χ4v) is 4.93. The summed E-state index contributed by atoms with van der Waals surface area (Å²) in [5, 5.41) is 9.19. The molecule has 1 aliphatic heterocycles. The largest absolute Gasteiger partial charge is 0.486 e. The number of aromatic nitrogens is 2. The first-order valence-corrected chi connectivity index (χ1v) is 13.2. The molecular weight excluding hydrogens is 512 g/mol. The second-order valence-corrected chi connectivity index (χ2v) is 10.1. The normalized spacial score (nSPS) is 13.9. The van der Waals surface area contributed by atoms with Gasteiger partial charge in [-0.3, -0.25) is 14.6 Å². The smallest absolute Gasteiger partial charge is 0.165 e. The lowest BCUT2D eigenvalue weighted by Gasteiger charge is -2.39. The fourth-order valence-electron chi connectivity index (χ4n) is 3.58. The van der Waals surface area contributed by atoms with Gasteiger partial charge in [-0.1, -0.05) is 23.2 Å². The third-order valence-corrected chi connectivity index (χ3v) is 6.92. The Balaban J connectivity index is 0.00000167. The second kappa shape index (κ2) is 12.4. The molecule has 1 aromatic carbocycles. The number of halogens is 3. The minimum Gasteiger partial charge on any atom is -0.486 e. The molecule has 1 aliphatic rings. The second-order valence-electron chi connectivity index (χ2n) is 7.81. The van der Waals surface area contributed by atoms with E-state index in [9.17, 15) is 8.60 Å². The average Bonchev–Trinajstić information content (AvgIpc) is 2.83. The highest BCUT2D eigenvalue weighted by Crippen LogP contribution is 2.28. The molecule has 1 fully saturated rings. The van der Waals surface area contributed by atoms with Gasteiger partial charge in [0.2, 0.25) is 0 Å². The minimum atomic E-state index is -0.794. The molecule has 3 heterocycles. The maximum absolute atomic E-state index is 14.3. The first-order valence-electron chi connectivity index (χ1n) is 10.7. The van der Waals surface area contributed by atoms with Crippen LogP contribution in [0.2, 0.25) is 10.0 Å². The zero-order valence-electron chi connectivity index (χ0n) is 19.3. The van der Waals surface area contributed by atoms with E-state index in [0.29, 0.717) is 38.4 Å². The highest BCUT2D eigenvalue weighted by molar-refractivity contribution is 7.84. The number of nitrogens with two attached hydrogens (primary N) is 1. The van der Waals surface area contributed by atoms with Crippen LogP contribution in [0.3, 0.4) is 0 Å². The van der Waals surface area contributed by atoms with Gasteiger partial charge < -0.3 is 15.4 Å². The van der Waals surface area contributed by atoms with Crippen LogP contribution in [0.4, 0.5) is 10.2 Å². The van der Waals surface area contributed by atoms with Crippen LogP contribution in [0.25, 0.3) is 0 Å². The highest BCUT2D eigenvalue weighted by atomic mass is 35.5. The molecule has 2 aromatic heterocycles. The van der Waals surface area contributed by atoms with Crippen molar-refractivity contribution in [1.29, 1.82) is 5.41 Å². The number of hydrogen-bond donors (Lipinski definition) is 2. The lowest BCUT2D eigenvalue weighted by Crippen LogP contribution is -2.49. The van der Waals surface area contributed by atoms with Crippen molar-refractivity contribution < 1.29 is 13.3 Å². The Labute approximate surface area is 216 Å². The van der Waals surface area contributed by atoms with E-state index in [1.165, 1.54) is 37.6 Å². The van der Waals surface area contributed by atoms with E-state index >= 15 is 0 Å². The van der Waals surface area contributed by atoms with Gasteiger partial charge in [0.1, 0.15) is 12.4 Å². The summed E-state index contributed by atoms with van der Waals surface area (Å²) in [6, 6.07) is 7.93. The van der Waals surface area contributed by atoms with E-state index in [2.05, 4.69) is 20.6 Å². The minimum absolute atomic E-state index is 0.00860. The number of ether oxygens (including phenoxy) is 1. The molecule has 3 aromatic rings. The summed E-state index contributed by atoms with van der Waals surface area (Å²) >= 11 is 12.2. The SMILES string of the molecule is CN.CS(=O)CC1CN(c2ccc(C(=N)c3ccc(F)c(OCc4c(Cl)cncc4Cl)c3)cn2)C1. The van der Waals surface area contributed by atoms with Crippen LogP contribution in [-0.4, -0.2) is 52.0 Å². The molecule has 0 aliphatic carbocycles. The van der Waals surface area contributed by atoms with E-state index in [0.717, 1.165) is 18.9 Å². The zero-order chi connectivity index (χ0) is 25.5. The van der Waals surface area contributed by atoms with Crippen LogP contribution in [0.15, 0.2) is 48.9 Å². The van der Waals surface area contributed by atoms with Gasteiger partial charge in [-0.25, -0.2) is 9.37 Å². The van der Waals surface area contributed by atoms with E-state index < -0.39 is 16.6 Å². The Morgan fingerprint density at radius 3 is 2.43 bits per heavy atom. The number of nitrogens with zero attached hydrogens (tertiary/aromatic N) is 3. The van der Waals surface area contributed by atoms with Crippen molar-refractivity contribution >= 4 is 45.5 Å². The maximum Gasteiger partial charge on any atom is 0.165 e. The van der Waals surface area contributed by atoms with Crippen molar-refractivity contribution in [2.45, 2.75) is 6.61 Å². The number of rotatable bonds is 8. The number of hydrogen-bond acceptors (Lipinski definition) is 7. The zero-order valence-corrected chi connectivity index (χ0v) is 21.6. The predicted molar refractivity (Wildman–Crippen MR) is 140 cm³/mol. The molecule has 0 bridgehead atoms. The molecule has 1 unspecified atom stereocenters. The summed E-state index contributed by atoms with van der Waals surface area (Å²) < 4.78 is 31.3. The third-order valence-electron chi connectivity index (χ3n) is 5.33. The average molecular weight is 538 g/mol. The standard InChI is InChI=1S/C23H21Cl2FN4O2S.CH5N/c1-33(31)13-14-10-30(11-14)22-5-3-16(7-29-22)23(27)15-2-4-20(26)21(6-15)32-12-17-18(24)8-28-9-19(17)25;1-2/h2-9,14,27H,10-13H2,1H3;2H2,1H3. The van der Waals surface area contributed by atoms with Gasteiger partial charge in [0.05, 0.1) is 15.8 Å². The summed E-state index contributed by atoms with van der Waals surface area (Å²) in [7, 11) is 0.706. The lowest BCUT2D eigenvalue weighted by atomic mass is 10.0. The van der Waals surface area contributed by atoms with Crippen molar-refractivity contribution in [2.24, 2.45) is 11.7 Å². The van der Waals surface area contributed by atoms with Crippen molar-refractivity contribution in [1.82, 2.24) is 9.97 Å². The Hall–Kier alpha value is -2.59. The van der Waals surface area contributed by atoms with Crippen LogP contribution >= 0.6 is 23.2 Å². The van der Waals surface area contributed by atoms with E-state index in [-0.39, 0.29) is 18.1 Å². The molecule has 0 amide bonds. The van der Waals surface area contributed by atoms with E-state index in [4.69, 9.17) is 33.3 Å². The van der Waals surface area contributed by atoms with Crippen LogP contribution in [0, 0.1) is 17.1 Å². The van der Waals surface area contributed by atoms with Gasteiger partial charge in [0.15, 0.2) is 11.6 Å². The molecule has 4 rings (SSSR count). The number of nitrogens with one attached hydrogen (secondary N) is 1. The lowest BCUT2D eigenvalue weighted by molar-refractivity contribution is 0.290. The summed E-state index contributed by atoms with van der Waals surface area (Å²) in [6.07, 6.45) is 6.23. The first-order chi connectivity index (χ1) is 16.8. The van der Waals surface area contributed by atoms with Crippen LogP contribution in [0.5, 0.6) is 5.75 Å². The van der Waals surface area contributed by atoms with Gasteiger partial charge >= 0.3 is 0 Å². The Kier molecular flexibility index (Phi) is 9.56. The molecule has 0 saturated carbocycles. The Morgan fingerprint density at radius 1 is 1.17 bits per heavy atom. The van der Waals surface area contributed by atoms with Gasteiger partial charge in [-0.05, 0) is 37.4 Å². The summed E-state index contributed by atoms with van der Waals surface area (Å²) in [5.41, 5.74) is 6.29. The summed E-state index contributed by atoms with van der Waals surface area (Å²) in [4.78, 5) is 10.5. The Bertz CT molecular complexity index is 1190. The monoisotopic (exact) mass is 537 g/mol. The molecule has 35 heavy (non-hydrogen) atoms. The molecule has 186 valence electrons. The van der Waals surface area contributed by atoms with Gasteiger partial charge in [0.25, 0.3) is 0 Å². The van der Waals surface area contributed by atoms with Gasteiger partial charge in [0, 0.05) is 77.1 Å². The first kappa shape index (κ1) is 27.0. The molecule has 0 spiro atoms. The molecule has 1 saturated heterocycles. The van der Waals surface area contributed by atoms with Crippen LogP contribution < -0.4 is 15.4 Å². The van der Waals surface area contributed by atoms with Crippen molar-refractivity contribution in [3.63, 3.8) is 0 Å². The van der Waals surface area contributed by atoms with Crippen molar-refractivity contribution in [3.8, 4) is 5.75 Å². The topological polar surface area (TPSA) is 105 Å². The Morgan fingerprint density at radius 2 is 1.83 bits per heavy atom. The maximum atomic E-state index is 14.3. The van der Waals surface area contributed by atoms with Crippen LogP contribution in [0.1, 0.15) is 16.7 Å². The molecule has 11 heteroatoms. The number of benzene rings is 1. The van der Waals surface area contributed by atoms with Crippen molar-refractivity contribution in [2.75, 3.05) is 37.0 Å². The van der Waals surface area contributed by atoms with E-state index in [1.54, 1.807) is 12.5 Å². The number of anilines is 1. The molecule has 0 radical (unpaired) electrons. The van der Waals surface area contributed by atoms with Gasteiger partial charge in [-0.2, -0.15) is 0 Å².